The lowest BCUT2D eigenvalue weighted by Crippen LogP contribution is -2.37. The molecule has 100 valence electrons. The normalized spacial score (nSPS) is 11.7. The summed E-state index contributed by atoms with van der Waals surface area (Å²) in [6, 6.07) is 10.8. The molecule has 0 aliphatic rings. The van der Waals surface area contributed by atoms with Gasteiger partial charge in [-0.2, -0.15) is 0 Å². The minimum atomic E-state index is -1.34. The van der Waals surface area contributed by atoms with Crippen LogP contribution >= 0.6 is 22.6 Å². The van der Waals surface area contributed by atoms with Crippen molar-refractivity contribution in [2.75, 3.05) is 0 Å². The van der Waals surface area contributed by atoms with E-state index in [1.54, 1.807) is 22.6 Å². The van der Waals surface area contributed by atoms with Gasteiger partial charge in [-0.1, -0.05) is 49.1 Å². The Labute approximate surface area is 127 Å². The van der Waals surface area contributed by atoms with Gasteiger partial charge in [0.2, 0.25) is 0 Å². The van der Waals surface area contributed by atoms with Gasteiger partial charge in [0, 0.05) is 0 Å². The van der Waals surface area contributed by atoms with Crippen LogP contribution in [0.4, 0.5) is 8.78 Å². The minimum Gasteiger partial charge on any atom is -0.206 e. The molecule has 19 heavy (non-hydrogen) atoms. The molecule has 0 radical (unpaired) electrons. The molecule has 2 aromatic carbocycles. The quantitative estimate of drug-likeness (QED) is 0.395. The molecule has 0 amide bonds. The molecule has 0 saturated heterocycles. The zero-order chi connectivity index (χ0) is 14.2. The summed E-state index contributed by atoms with van der Waals surface area (Å²) in [5, 5.41) is 1.34. The molecule has 0 heterocycles. The Morgan fingerprint density at radius 1 is 0.842 bits per heavy atom. The van der Waals surface area contributed by atoms with Gasteiger partial charge >= 0.3 is 0 Å². The van der Waals surface area contributed by atoms with Crippen LogP contribution in [0.3, 0.4) is 0 Å². The maximum Gasteiger partial charge on any atom is 0.140 e. The zero-order valence-electron chi connectivity index (χ0n) is 11.1. The van der Waals surface area contributed by atoms with Crippen LogP contribution in [0, 0.1) is 15.2 Å². The van der Waals surface area contributed by atoms with Gasteiger partial charge in [0.25, 0.3) is 0 Å². The van der Waals surface area contributed by atoms with E-state index in [9.17, 15) is 8.78 Å². The van der Waals surface area contributed by atoms with Crippen molar-refractivity contribution >= 4 is 35.9 Å². The fraction of sp³-hybridized carbons (Fsp3) is 0.200. The molecule has 0 atom stereocenters. The first-order valence-electron chi connectivity index (χ1n) is 6.04. The summed E-state index contributed by atoms with van der Waals surface area (Å²) in [6.07, 6.45) is 0. The van der Waals surface area contributed by atoms with E-state index >= 15 is 0 Å². The second kappa shape index (κ2) is 5.32. The summed E-state index contributed by atoms with van der Waals surface area (Å²) in [5.74, 6) is -1.02. The van der Waals surface area contributed by atoms with E-state index < -0.39 is 19.7 Å². The molecule has 0 fully saturated rings. The van der Waals surface area contributed by atoms with Crippen molar-refractivity contribution in [1.29, 1.82) is 0 Å². The average molecular weight is 388 g/mol. The van der Waals surface area contributed by atoms with Gasteiger partial charge in [-0.15, -0.1) is 0 Å². The maximum atomic E-state index is 13.6. The first-order chi connectivity index (χ1) is 8.79. The maximum absolute atomic E-state index is 13.6. The van der Waals surface area contributed by atoms with E-state index in [0.29, 0.717) is 5.56 Å². The monoisotopic (exact) mass is 388 g/mol. The summed E-state index contributed by atoms with van der Waals surface area (Å²) < 4.78 is 27.1. The second-order valence-electron chi connectivity index (χ2n) is 5.58. The highest BCUT2D eigenvalue weighted by Crippen LogP contribution is 2.25. The predicted octanol–water partition coefficient (Wildman–Crippen LogP) is 4.78. The summed E-state index contributed by atoms with van der Waals surface area (Å²) >= 11 is 1.68. The molecule has 0 aliphatic heterocycles. The fourth-order valence-electron chi connectivity index (χ4n) is 1.88. The Bertz CT molecular complexity index is 578. The number of benzene rings is 2. The molecule has 2 aromatic rings. The third-order valence-corrected chi connectivity index (χ3v) is 6.16. The van der Waals surface area contributed by atoms with Crippen LogP contribution in [0.5, 0.6) is 0 Å². The number of hydrogen-bond donors (Lipinski definition) is 0. The largest absolute Gasteiger partial charge is 0.206 e. The zero-order valence-corrected chi connectivity index (χ0v) is 14.3. The molecule has 0 bridgehead atoms. The van der Waals surface area contributed by atoms with Crippen LogP contribution in [0.25, 0.3) is 11.1 Å². The van der Waals surface area contributed by atoms with Crippen molar-refractivity contribution in [3.63, 3.8) is 0 Å². The predicted molar refractivity (Wildman–Crippen MR) is 87.5 cm³/mol. The van der Waals surface area contributed by atoms with Gasteiger partial charge in [0.1, 0.15) is 11.6 Å². The van der Waals surface area contributed by atoms with Crippen LogP contribution in [0.2, 0.25) is 19.6 Å². The summed E-state index contributed by atoms with van der Waals surface area (Å²) in [6.45, 7) is 6.81. The lowest BCUT2D eigenvalue weighted by atomic mass is 10.1. The van der Waals surface area contributed by atoms with Gasteiger partial charge in [-0.05, 0) is 45.9 Å². The van der Waals surface area contributed by atoms with Crippen LogP contribution in [0.15, 0.2) is 36.4 Å². The van der Waals surface area contributed by atoms with E-state index in [0.717, 1.165) is 5.56 Å². The van der Waals surface area contributed by atoms with E-state index in [-0.39, 0.29) is 3.57 Å². The Morgan fingerprint density at radius 2 is 1.32 bits per heavy atom. The van der Waals surface area contributed by atoms with Crippen molar-refractivity contribution in [3.8, 4) is 11.1 Å². The molecule has 0 aromatic heterocycles. The van der Waals surface area contributed by atoms with Crippen molar-refractivity contribution in [2.45, 2.75) is 19.6 Å². The molecule has 2 rings (SSSR count). The topological polar surface area (TPSA) is 0 Å². The molecular formula is C15H15F2ISi. The Hall–Kier alpha value is -0.753. The lowest BCUT2D eigenvalue weighted by Gasteiger charge is -2.16. The van der Waals surface area contributed by atoms with E-state index in [4.69, 9.17) is 0 Å². The summed E-state index contributed by atoms with van der Waals surface area (Å²) in [7, 11) is -1.34. The highest BCUT2D eigenvalue weighted by molar-refractivity contribution is 14.1. The first kappa shape index (κ1) is 14.7. The van der Waals surface area contributed by atoms with Crippen LogP contribution < -0.4 is 5.19 Å². The molecule has 0 unspecified atom stereocenters. The summed E-state index contributed by atoms with van der Waals surface area (Å²) in [4.78, 5) is 0. The highest BCUT2D eigenvalue weighted by atomic mass is 127. The van der Waals surface area contributed by atoms with Gasteiger partial charge in [-0.25, -0.2) is 8.78 Å². The lowest BCUT2D eigenvalue weighted by molar-refractivity contribution is 0.571. The third-order valence-electron chi connectivity index (χ3n) is 3.07. The van der Waals surface area contributed by atoms with E-state index in [1.807, 2.05) is 12.1 Å². The van der Waals surface area contributed by atoms with Gasteiger partial charge in [-0.3, -0.25) is 0 Å². The number of rotatable bonds is 2. The van der Waals surface area contributed by atoms with Crippen LogP contribution in [-0.4, -0.2) is 8.07 Å². The van der Waals surface area contributed by atoms with Crippen molar-refractivity contribution in [3.05, 3.63) is 51.6 Å². The molecule has 0 aliphatic carbocycles. The van der Waals surface area contributed by atoms with Gasteiger partial charge in [0.05, 0.1) is 11.6 Å². The Morgan fingerprint density at radius 3 is 1.74 bits per heavy atom. The summed E-state index contributed by atoms with van der Waals surface area (Å²) in [5.41, 5.74) is 1.42. The van der Waals surface area contributed by atoms with E-state index in [1.165, 1.54) is 17.3 Å². The molecule has 0 nitrogen and oxygen atoms in total. The smallest absolute Gasteiger partial charge is 0.140 e. The Balaban J connectivity index is 2.43. The average Bonchev–Trinajstić information content (AvgIpc) is 2.34. The van der Waals surface area contributed by atoms with Gasteiger partial charge < -0.3 is 0 Å². The second-order valence-corrected chi connectivity index (χ2v) is 11.7. The minimum absolute atomic E-state index is 0.0417. The van der Waals surface area contributed by atoms with E-state index in [2.05, 4.69) is 31.8 Å². The molecule has 0 N–H and O–H groups in total. The highest BCUT2D eigenvalue weighted by Gasteiger charge is 2.16. The van der Waals surface area contributed by atoms with Crippen molar-refractivity contribution < 1.29 is 8.78 Å². The first-order valence-corrected chi connectivity index (χ1v) is 10.6. The standard InChI is InChI=1S/C15H15F2ISi/c1-19(2,3)12-6-4-10(5-7-12)11-8-13(16)15(18)14(17)9-11/h4-9H,1-3H3. The van der Waals surface area contributed by atoms with Crippen molar-refractivity contribution in [1.82, 2.24) is 0 Å². The van der Waals surface area contributed by atoms with Crippen LogP contribution in [0.1, 0.15) is 0 Å². The van der Waals surface area contributed by atoms with Crippen LogP contribution in [-0.2, 0) is 0 Å². The number of halogens is 3. The number of hydrogen-bond acceptors (Lipinski definition) is 0. The fourth-order valence-corrected chi connectivity index (χ4v) is 3.36. The molecule has 0 saturated carbocycles. The SMILES string of the molecule is C[Si](C)(C)c1ccc(-c2cc(F)c(I)c(F)c2)cc1. The Kier molecular flexibility index (Phi) is 4.10. The third kappa shape index (κ3) is 3.23. The molecule has 4 heteroatoms. The van der Waals surface area contributed by atoms with Gasteiger partial charge in [0.15, 0.2) is 0 Å². The molecular weight excluding hydrogens is 373 g/mol. The van der Waals surface area contributed by atoms with Crippen molar-refractivity contribution in [2.24, 2.45) is 0 Å². The molecule has 0 spiro atoms.